The minimum absolute atomic E-state index is 0.220. The van der Waals surface area contributed by atoms with E-state index in [0.29, 0.717) is 0 Å². The van der Waals surface area contributed by atoms with Crippen molar-refractivity contribution < 1.29 is 11.6 Å². The first-order valence-electron chi connectivity index (χ1n) is 4.59. The Kier molecular flexibility index (Phi) is 0.545. The summed E-state index contributed by atoms with van der Waals surface area (Å²) in [4.78, 5) is 6.69. The van der Waals surface area contributed by atoms with Crippen molar-refractivity contribution in [3.05, 3.63) is 12.3 Å². The number of hydrogen-bond acceptors (Lipinski definition) is 4. The van der Waals surface area contributed by atoms with Crippen LogP contribution in [0.1, 0.15) is 6.85 Å². The summed E-state index contributed by atoms with van der Waals surface area (Å²) >= 11 is 0. The second-order valence-corrected chi connectivity index (χ2v) is 1.25. The number of nitrogens with two attached hydrogens (primary N) is 1. The molecule has 48 valence electrons. The van der Waals surface area contributed by atoms with E-state index in [-0.39, 0.29) is 5.69 Å². The van der Waals surface area contributed by atoms with Crippen LogP contribution < -0.4 is 10.5 Å². The largest absolute Gasteiger partial charge is 0.467 e. The summed E-state index contributed by atoms with van der Waals surface area (Å²) in [7, 11) is -2.70. The average molecular weight is 130 g/mol. The molecule has 0 fully saturated rings. The molecule has 1 rings (SSSR count). The Labute approximate surface area is 59.7 Å². The molecule has 4 nitrogen and oxygen atoms in total. The Morgan fingerprint density at radius 1 is 1.78 bits per heavy atom. The second kappa shape index (κ2) is 2.30. The van der Waals surface area contributed by atoms with Crippen molar-refractivity contribution in [3.8, 4) is 6.01 Å². The lowest BCUT2D eigenvalue weighted by atomic mass is 10.6. The van der Waals surface area contributed by atoms with Crippen LogP contribution in [0.15, 0.2) is 12.3 Å². The Morgan fingerprint density at radius 3 is 3.00 bits per heavy atom. The molecule has 0 atom stereocenters. The fraction of sp³-hybridized carbons (Fsp3) is 0.200. The van der Waals surface area contributed by atoms with E-state index in [0.717, 1.165) is 0 Å². The van der Waals surface area contributed by atoms with Crippen LogP contribution in [0.3, 0.4) is 0 Å². The number of aromatic nitrogens is 2. The molecular weight excluding hydrogens is 118 g/mol. The molecule has 0 aliphatic carbocycles. The first kappa shape index (κ1) is 2.13. The van der Waals surface area contributed by atoms with E-state index in [1.165, 1.54) is 0 Å². The molecule has 0 saturated heterocycles. The summed E-state index contributed by atoms with van der Waals surface area (Å²) in [5, 5.41) is 0. The summed E-state index contributed by atoms with van der Waals surface area (Å²) in [5.74, 6) is 0. The highest BCUT2D eigenvalue weighted by molar-refractivity contribution is 5.30. The van der Waals surface area contributed by atoms with Crippen molar-refractivity contribution in [1.29, 1.82) is 0 Å². The number of nitrogen functional groups attached to an aromatic ring is 1. The van der Waals surface area contributed by atoms with E-state index in [1.54, 1.807) is 0 Å². The van der Waals surface area contributed by atoms with Gasteiger partial charge in [0.1, 0.15) is 0 Å². The van der Waals surface area contributed by atoms with Crippen LogP contribution in [0.25, 0.3) is 0 Å². The second-order valence-electron chi connectivity index (χ2n) is 1.25. The van der Waals surface area contributed by atoms with Crippen molar-refractivity contribution in [2.75, 3.05) is 12.8 Å². The third-order valence-electron chi connectivity index (χ3n) is 0.635. The Morgan fingerprint density at radius 2 is 2.44 bits per heavy atom. The van der Waals surface area contributed by atoms with Crippen molar-refractivity contribution in [1.82, 2.24) is 9.97 Å². The van der Waals surface area contributed by atoms with Gasteiger partial charge in [0.2, 0.25) is 0 Å². The van der Waals surface area contributed by atoms with Gasteiger partial charge < -0.3 is 10.5 Å². The van der Waals surface area contributed by atoms with Gasteiger partial charge in [-0.15, -0.1) is 0 Å². The van der Waals surface area contributed by atoms with Gasteiger partial charge in [0.05, 0.1) is 31.9 Å². The van der Waals surface area contributed by atoms with Crippen molar-refractivity contribution in [2.45, 2.75) is 0 Å². The van der Waals surface area contributed by atoms with Gasteiger partial charge in [-0.1, -0.05) is 0 Å². The molecule has 2 N–H and O–H groups in total. The number of anilines is 1. The van der Waals surface area contributed by atoms with Crippen molar-refractivity contribution in [2.24, 2.45) is 0 Å². The van der Waals surface area contributed by atoms with Crippen LogP contribution >= 0.6 is 0 Å². The minimum atomic E-state index is -2.70. The van der Waals surface area contributed by atoms with Crippen molar-refractivity contribution in [3.63, 3.8) is 0 Å². The fourth-order valence-corrected chi connectivity index (χ4v) is 0.312. The zero-order valence-corrected chi connectivity index (χ0v) is 4.38. The molecule has 4 heteroatoms. The number of rotatable bonds is 1. The van der Waals surface area contributed by atoms with E-state index in [9.17, 15) is 0 Å². The monoisotopic (exact) mass is 130 g/mol. The van der Waals surface area contributed by atoms with Gasteiger partial charge in [-0.25, -0.2) is 9.97 Å². The molecule has 0 saturated carbocycles. The van der Waals surface area contributed by atoms with Gasteiger partial charge in [0, 0.05) is 0 Å². The molecule has 9 heavy (non-hydrogen) atoms. The molecule has 0 amide bonds. The predicted molar refractivity (Wildman–Crippen MR) is 33.0 cm³/mol. The number of methoxy groups -OCH3 is 1. The summed E-state index contributed by atoms with van der Waals surface area (Å²) in [6.45, 7) is 0. The molecule has 0 bridgehead atoms. The summed E-state index contributed by atoms with van der Waals surface area (Å²) in [6.07, 6.45) is -0.853. The lowest BCUT2D eigenvalue weighted by molar-refractivity contribution is 0.380. The molecule has 0 aromatic carbocycles. The first-order valence-corrected chi connectivity index (χ1v) is 2.09. The molecule has 0 radical (unpaired) electrons. The lowest BCUT2D eigenvalue weighted by Gasteiger charge is -1.94. The molecule has 1 aromatic heterocycles. The molecule has 0 spiro atoms. The summed E-state index contributed by atoms with van der Waals surface area (Å²) in [5.41, 5.74) is 5.00. The highest BCUT2D eigenvalue weighted by Gasteiger charge is 1.89. The highest BCUT2D eigenvalue weighted by Crippen LogP contribution is 2.00. The van der Waals surface area contributed by atoms with Crippen LogP contribution in [0.4, 0.5) is 5.69 Å². The Balaban J connectivity index is 3.02. The SMILES string of the molecule is [2H]c1nc(OC([2H])([2H])[2H])nc([2H])c1N. The van der Waals surface area contributed by atoms with Crippen LogP contribution in [0.5, 0.6) is 6.01 Å². The van der Waals surface area contributed by atoms with Gasteiger partial charge in [0.15, 0.2) is 0 Å². The third kappa shape index (κ3) is 1.28. The van der Waals surface area contributed by atoms with Gasteiger partial charge >= 0.3 is 6.01 Å². The van der Waals surface area contributed by atoms with Crippen LogP contribution in [0, 0.1) is 0 Å². The molecule has 0 unspecified atom stereocenters. The lowest BCUT2D eigenvalue weighted by Crippen LogP contribution is -1.92. The maximum atomic E-state index is 7.15. The van der Waals surface area contributed by atoms with E-state index in [4.69, 9.17) is 12.6 Å². The van der Waals surface area contributed by atoms with Gasteiger partial charge in [-0.3, -0.25) is 0 Å². The Hall–Kier alpha value is -1.32. The van der Waals surface area contributed by atoms with Gasteiger partial charge in [-0.05, 0) is 0 Å². The van der Waals surface area contributed by atoms with Gasteiger partial charge in [-0.2, -0.15) is 0 Å². The topological polar surface area (TPSA) is 61.0 Å². The quantitative estimate of drug-likeness (QED) is 0.584. The van der Waals surface area contributed by atoms with E-state index in [1.807, 2.05) is 0 Å². The van der Waals surface area contributed by atoms with E-state index in [2.05, 4.69) is 14.7 Å². The first-order chi connectivity index (χ1) is 6.29. The van der Waals surface area contributed by atoms with Crippen molar-refractivity contribution >= 4 is 5.69 Å². The zero-order valence-electron chi connectivity index (χ0n) is 9.38. The summed E-state index contributed by atoms with van der Waals surface area (Å²) in [6, 6.07) is -0.547. The van der Waals surface area contributed by atoms with Crippen LogP contribution in [-0.2, 0) is 0 Å². The molecule has 1 aromatic rings. The van der Waals surface area contributed by atoms with Gasteiger partial charge in [0.25, 0.3) is 0 Å². The number of hydrogen-bond donors (Lipinski definition) is 1. The highest BCUT2D eigenvalue weighted by atomic mass is 16.5. The average Bonchev–Trinajstić information content (AvgIpc) is 1.96. The molecular formula is C5H7N3O. The maximum Gasteiger partial charge on any atom is 0.316 e. The molecule has 0 aliphatic heterocycles. The third-order valence-corrected chi connectivity index (χ3v) is 0.635. The van der Waals surface area contributed by atoms with E-state index >= 15 is 0 Å². The Bertz CT molecular complexity index is 329. The number of nitrogens with zero attached hydrogens (tertiary/aromatic N) is 2. The molecule has 0 aliphatic rings. The normalized spacial score (nSPS) is 18.4. The van der Waals surface area contributed by atoms with E-state index < -0.39 is 25.4 Å². The fourth-order valence-electron chi connectivity index (χ4n) is 0.312. The maximum absolute atomic E-state index is 7.15. The molecule has 1 heterocycles. The van der Waals surface area contributed by atoms with Crippen LogP contribution in [-0.4, -0.2) is 17.0 Å². The summed E-state index contributed by atoms with van der Waals surface area (Å²) < 4.78 is 38.8. The standard InChI is InChI=1S/C5H7N3O/c1-9-5-7-2-4(6)3-8-5/h2-3H,6H2,1H3/i1D3,2D,3D. The number of ether oxygens (including phenoxy) is 1. The zero-order chi connectivity index (χ0) is 10.9. The smallest absolute Gasteiger partial charge is 0.316 e. The predicted octanol–water partition coefficient (Wildman–Crippen LogP) is 0.0674. The van der Waals surface area contributed by atoms with Crippen LogP contribution in [0.2, 0.25) is 0 Å². The minimum Gasteiger partial charge on any atom is -0.467 e.